The molecule has 3 rings (SSSR count). The van der Waals surface area contributed by atoms with Gasteiger partial charge in [0.1, 0.15) is 6.10 Å². The number of aromatic nitrogens is 2. The number of nitrogens with zero attached hydrogens (tertiary/aromatic N) is 3. The lowest BCUT2D eigenvalue weighted by atomic mass is 10.2. The van der Waals surface area contributed by atoms with Crippen LogP contribution in [0.25, 0.3) is 0 Å². The van der Waals surface area contributed by atoms with Crippen LogP contribution in [0.4, 0.5) is 0 Å². The van der Waals surface area contributed by atoms with Crippen molar-refractivity contribution in [2.24, 2.45) is 0 Å². The highest BCUT2D eigenvalue weighted by Gasteiger charge is 2.29. The lowest BCUT2D eigenvalue weighted by Gasteiger charge is -2.24. The predicted molar refractivity (Wildman–Crippen MR) is 83.8 cm³/mol. The Balaban J connectivity index is 1.55. The molecule has 1 N–H and O–H groups in total. The van der Waals surface area contributed by atoms with E-state index in [1.54, 1.807) is 0 Å². The monoisotopic (exact) mass is 326 g/mol. The summed E-state index contributed by atoms with van der Waals surface area (Å²) < 4.78 is 5.51. The first-order chi connectivity index (χ1) is 10.6. The Kier molecular flexibility index (Phi) is 5.00. The Hall–Kier alpha value is -1.11. The second kappa shape index (κ2) is 6.98. The molecule has 1 aromatic heterocycles. The van der Waals surface area contributed by atoms with Crippen LogP contribution in [0.15, 0.2) is 0 Å². The molecule has 0 aliphatic carbocycles. The molecule has 1 aromatic rings. The summed E-state index contributed by atoms with van der Waals surface area (Å²) in [4.78, 5) is 16.7. The van der Waals surface area contributed by atoms with Crippen LogP contribution in [0.1, 0.15) is 30.7 Å². The molecule has 0 aromatic carbocycles. The van der Waals surface area contributed by atoms with E-state index in [2.05, 4.69) is 15.1 Å². The van der Waals surface area contributed by atoms with Gasteiger partial charge in [0.15, 0.2) is 0 Å². The predicted octanol–water partition coefficient (Wildman–Crippen LogP) is 1.58. The molecule has 0 saturated carbocycles. The minimum Gasteiger partial charge on any atom is -0.368 e. The lowest BCUT2D eigenvalue weighted by Crippen LogP contribution is -2.41. The number of H-pyrrole nitrogens is 1. The van der Waals surface area contributed by atoms with Gasteiger partial charge >= 0.3 is 0 Å². The minimum atomic E-state index is -0.213. The van der Waals surface area contributed by atoms with Crippen molar-refractivity contribution in [3.63, 3.8) is 0 Å². The number of carbonyl (C=O) groups is 1. The van der Waals surface area contributed by atoms with Crippen molar-refractivity contribution in [3.05, 3.63) is 16.4 Å². The van der Waals surface area contributed by atoms with Gasteiger partial charge < -0.3 is 9.64 Å². The second-order valence-electron chi connectivity index (χ2n) is 6.07. The number of hydrogen-bond acceptors (Lipinski definition) is 4. The smallest absolute Gasteiger partial charge is 0.251 e. The van der Waals surface area contributed by atoms with Gasteiger partial charge in [-0.25, -0.2) is 0 Å². The molecule has 122 valence electrons. The standard InChI is InChI=1S/C15H23ClN4O2/c1-11-14(16)12(18-17-11)10-19-5-3-6-20(8-7-19)15(21)13-4-2-9-22-13/h13H,2-10H2,1H3,(H,17,18)/t13-/m1/s1. The lowest BCUT2D eigenvalue weighted by molar-refractivity contribution is -0.140. The van der Waals surface area contributed by atoms with Crippen molar-refractivity contribution in [3.8, 4) is 0 Å². The van der Waals surface area contributed by atoms with Gasteiger partial charge in [0.25, 0.3) is 5.91 Å². The van der Waals surface area contributed by atoms with Crippen LogP contribution in [-0.2, 0) is 16.1 Å². The molecule has 22 heavy (non-hydrogen) atoms. The van der Waals surface area contributed by atoms with Crippen molar-refractivity contribution in [2.75, 3.05) is 32.8 Å². The number of halogens is 1. The van der Waals surface area contributed by atoms with Crippen molar-refractivity contribution in [1.82, 2.24) is 20.0 Å². The molecular formula is C15H23ClN4O2. The molecule has 3 heterocycles. The normalized spacial score (nSPS) is 23.7. The largest absolute Gasteiger partial charge is 0.368 e. The van der Waals surface area contributed by atoms with E-state index in [1.807, 2.05) is 11.8 Å². The molecule has 2 fully saturated rings. The third-order valence-corrected chi connectivity index (χ3v) is 4.92. The summed E-state index contributed by atoms with van der Waals surface area (Å²) in [5.41, 5.74) is 1.79. The maximum Gasteiger partial charge on any atom is 0.251 e. The molecule has 0 spiro atoms. The van der Waals surface area contributed by atoms with E-state index in [9.17, 15) is 4.79 Å². The number of carbonyl (C=O) groups excluding carboxylic acids is 1. The van der Waals surface area contributed by atoms with E-state index in [0.29, 0.717) is 6.61 Å². The molecule has 2 aliphatic heterocycles. The van der Waals surface area contributed by atoms with E-state index >= 15 is 0 Å². The van der Waals surface area contributed by atoms with E-state index in [-0.39, 0.29) is 12.0 Å². The first-order valence-electron chi connectivity index (χ1n) is 7.97. The number of ether oxygens (including phenoxy) is 1. The summed E-state index contributed by atoms with van der Waals surface area (Å²) in [5, 5.41) is 7.89. The SMILES string of the molecule is Cc1[nH]nc(CN2CCCN(C(=O)[C@H]3CCCO3)CC2)c1Cl. The number of amides is 1. The Morgan fingerprint density at radius 1 is 1.36 bits per heavy atom. The number of rotatable bonds is 3. The van der Waals surface area contributed by atoms with E-state index in [1.165, 1.54) is 0 Å². The highest BCUT2D eigenvalue weighted by Crippen LogP contribution is 2.20. The van der Waals surface area contributed by atoms with Crippen LogP contribution >= 0.6 is 11.6 Å². The number of nitrogens with one attached hydrogen (secondary N) is 1. The number of aryl methyl sites for hydroxylation is 1. The van der Waals surface area contributed by atoms with Gasteiger partial charge in [-0.3, -0.25) is 14.8 Å². The van der Waals surface area contributed by atoms with Gasteiger partial charge in [0.2, 0.25) is 0 Å². The molecule has 1 atom stereocenters. The van der Waals surface area contributed by atoms with Crippen molar-refractivity contribution >= 4 is 17.5 Å². The van der Waals surface area contributed by atoms with Gasteiger partial charge in [0.05, 0.1) is 16.4 Å². The van der Waals surface area contributed by atoms with Crippen LogP contribution in [0, 0.1) is 6.92 Å². The zero-order chi connectivity index (χ0) is 15.5. The Labute approximate surface area is 135 Å². The van der Waals surface area contributed by atoms with Gasteiger partial charge in [-0.15, -0.1) is 0 Å². The summed E-state index contributed by atoms with van der Waals surface area (Å²) in [6.07, 6.45) is 2.61. The third-order valence-electron chi connectivity index (χ3n) is 4.42. The van der Waals surface area contributed by atoms with Crippen LogP contribution in [0.2, 0.25) is 5.02 Å². The zero-order valence-electron chi connectivity index (χ0n) is 13.0. The Bertz CT molecular complexity index is 528. The molecule has 0 radical (unpaired) electrons. The fourth-order valence-corrected chi connectivity index (χ4v) is 3.25. The van der Waals surface area contributed by atoms with Gasteiger partial charge in [-0.2, -0.15) is 5.10 Å². The molecule has 2 aliphatic rings. The number of aromatic amines is 1. The number of hydrogen-bond donors (Lipinski definition) is 1. The van der Waals surface area contributed by atoms with Crippen molar-refractivity contribution in [1.29, 1.82) is 0 Å². The summed E-state index contributed by atoms with van der Waals surface area (Å²) in [7, 11) is 0. The van der Waals surface area contributed by atoms with Gasteiger partial charge in [-0.1, -0.05) is 11.6 Å². The van der Waals surface area contributed by atoms with Crippen molar-refractivity contribution < 1.29 is 9.53 Å². The van der Waals surface area contributed by atoms with Crippen molar-refractivity contribution in [2.45, 2.75) is 38.8 Å². The maximum absolute atomic E-state index is 12.4. The van der Waals surface area contributed by atoms with E-state index < -0.39 is 0 Å². The Morgan fingerprint density at radius 2 is 2.23 bits per heavy atom. The first-order valence-corrected chi connectivity index (χ1v) is 8.35. The summed E-state index contributed by atoms with van der Waals surface area (Å²) in [6.45, 7) is 6.72. The summed E-state index contributed by atoms with van der Waals surface area (Å²) in [5.74, 6) is 0.160. The summed E-state index contributed by atoms with van der Waals surface area (Å²) in [6, 6.07) is 0. The third kappa shape index (κ3) is 3.45. The molecule has 0 unspecified atom stereocenters. The van der Waals surface area contributed by atoms with E-state index in [4.69, 9.17) is 16.3 Å². The fourth-order valence-electron chi connectivity index (χ4n) is 3.11. The van der Waals surface area contributed by atoms with Crippen LogP contribution in [-0.4, -0.2) is 64.8 Å². The van der Waals surface area contributed by atoms with Gasteiger partial charge in [-0.05, 0) is 26.2 Å². The summed E-state index contributed by atoms with van der Waals surface area (Å²) >= 11 is 6.23. The molecule has 6 nitrogen and oxygen atoms in total. The second-order valence-corrected chi connectivity index (χ2v) is 6.44. The molecule has 0 bridgehead atoms. The molecular weight excluding hydrogens is 304 g/mol. The van der Waals surface area contributed by atoms with Crippen LogP contribution in [0.3, 0.4) is 0 Å². The topological polar surface area (TPSA) is 61.5 Å². The minimum absolute atomic E-state index is 0.160. The average Bonchev–Trinajstić information content (AvgIpc) is 3.08. The zero-order valence-corrected chi connectivity index (χ0v) is 13.7. The molecule has 7 heteroatoms. The fraction of sp³-hybridized carbons (Fsp3) is 0.733. The Morgan fingerprint density at radius 3 is 2.91 bits per heavy atom. The van der Waals surface area contributed by atoms with Crippen LogP contribution in [0.5, 0.6) is 0 Å². The first kappa shape index (κ1) is 15.8. The highest BCUT2D eigenvalue weighted by molar-refractivity contribution is 6.31. The highest BCUT2D eigenvalue weighted by atomic mass is 35.5. The quantitative estimate of drug-likeness (QED) is 0.916. The maximum atomic E-state index is 12.4. The van der Waals surface area contributed by atoms with E-state index in [0.717, 1.165) is 68.4 Å². The van der Waals surface area contributed by atoms with Crippen LogP contribution < -0.4 is 0 Å². The average molecular weight is 327 g/mol. The molecule has 2 saturated heterocycles. The molecule has 1 amide bonds. The van der Waals surface area contributed by atoms with Gasteiger partial charge in [0, 0.05) is 39.3 Å².